The van der Waals surface area contributed by atoms with E-state index >= 15 is 0 Å². The predicted octanol–water partition coefficient (Wildman–Crippen LogP) is 6.16. The molecule has 136 valence electrons. The van der Waals surface area contributed by atoms with E-state index in [2.05, 4.69) is 59.8 Å². The van der Waals surface area contributed by atoms with Crippen molar-refractivity contribution >= 4 is 11.5 Å². The molecule has 0 amide bonds. The Morgan fingerprint density at radius 2 is 1.46 bits per heavy atom. The van der Waals surface area contributed by atoms with Gasteiger partial charge in [-0.25, -0.2) is 4.98 Å². The first-order valence-corrected chi connectivity index (χ1v) is 9.07. The van der Waals surface area contributed by atoms with Crippen LogP contribution in [0.2, 0.25) is 0 Å². The summed E-state index contributed by atoms with van der Waals surface area (Å²) >= 11 is 0. The van der Waals surface area contributed by atoms with Crippen LogP contribution in [0.5, 0.6) is 0 Å². The zero-order valence-electron chi connectivity index (χ0n) is 16.9. The van der Waals surface area contributed by atoms with Crippen LogP contribution in [0.25, 0.3) is 0 Å². The molecule has 1 aromatic carbocycles. The fraction of sp³-hybridized carbons (Fsp3) is 0.476. The van der Waals surface area contributed by atoms with Gasteiger partial charge in [0.05, 0.1) is 0 Å². The van der Waals surface area contributed by atoms with Gasteiger partial charge in [0.15, 0.2) is 0 Å². The lowest BCUT2D eigenvalue weighted by Gasteiger charge is -2.04. The van der Waals surface area contributed by atoms with Crippen LogP contribution in [0, 0.1) is 6.92 Å². The van der Waals surface area contributed by atoms with Crippen LogP contribution >= 0.6 is 0 Å². The highest BCUT2D eigenvalue weighted by Crippen LogP contribution is 2.11. The van der Waals surface area contributed by atoms with Crippen molar-refractivity contribution in [2.24, 2.45) is 0 Å². The van der Waals surface area contributed by atoms with Crippen LogP contribution in [0.1, 0.15) is 52.2 Å². The largest absolute Gasteiger partial charge is 0.388 e. The maximum Gasteiger partial charge on any atom is 0.128 e. The summed E-state index contributed by atoms with van der Waals surface area (Å²) in [4.78, 5) is 4.20. The molecule has 0 aliphatic heterocycles. The molecule has 0 saturated heterocycles. The Balaban J connectivity index is 0. The molecule has 0 unspecified atom stereocenters. The molecule has 3 heteroatoms. The molecule has 0 bridgehead atoms. The first-order valence-electron chi connectivity index (χ1n) is 9.07. The van der Waals surface area contributed by atoms with Crippen molar-refractivity contribution in [1.29, 1.82) is 0 Å². The Kier molecular flexibility index (Phi) is 17.5. The minimum Gasteiger partial charge on any atom is -0.388 e. The molecule has 0 aliphatic rings. The Labute approximate surface area is 149 Å². The maximum absolute atomic E-state index is 4.20. The third kappa shape index (κ3) is 10.7. The van der Waals surface area contributed by atoms with Gasteiger partial charge in [-0.2, -0.15) is 0 Å². The zero-order valence-corrected chi connectivity index (χ0v) is 16.9. The second-order valence-electron chi connectivity index (χ2n) is 4.63. The summed E-state index contributed by atoms with van der Waals surface area (Å²) in [5.41, 5.74) is 3.77. The fourth-order valence-electron chi connectivity index (χ4n) is 1.86. The van der Waals surface area contributed by atoms with Gasteiger partial charge in [0.25, 0.3) is 0 Å². The van der Waals surface area contributed by atoms with Crippen molar-refractivity contribution < 1.29 is 0 Å². The van der Waals surface area contributed by atoms with Crippen LogP contribution in [-0.2, 0) is 6.42 Å². The molecule has 3 nitrogen and oxygen atoms in total. The lowest BCUT2D eigenvalue weighted by molar-refractivity contribution is 0.915. The maximum atomic E-state index is 4.20. The molecular formula is C21H37N3. The van der Waals surface area contributed by atoms with Crippen LogP contribution < -0.4 is 10.6 Å². The summed E-state index contributed by atoms with van der Waals surface area (Å²) in [5, 5.41) is 6.12. The third-order valence-electron chi connectivity index (χ3n) is 2.99. The highest BCUT2D eigenvalue weighted by atomic mass is 15.0. The highest BCUT2D eigenvalue weighted by molar-refractivity contribution is 5.43. The lowest BCUT2D eigenvalue weighted by Crippen LogP contribution is -1.97. The van der Waals surface area contributed by atoms with Gasteiger partial charge in [0, 0.05) is 26.0 Å². The van der Waals surface area contributed by atoms with Gasteiger partial charge in [-0.3, -0.25) is 0 Å². The summed E-state index contributed by atoms with van der Waals surface area (Å²) in [6.07, 6.45) is 4.08. The number of hydrogen-bond donors (Lipinski definition) is 2. The van der Waals surface area contributed by atoms with E-state index in [0.717, 1.165) is 12.2 Å². The quantitative estimate of drug-likeness (QED) is 0.704. The molecule has 2 rings (SSSR count). The number of nitrogens with one attached hydrogen (secondary N) is 2. The Morgan fingerprint density at radius 1 is 0.875 bits per heavy atom. The Bertz CT molecular complexity index is 493. The second-order valence-corrected chi connectivity index (χ2v) is 4.63. The zero-order chi connectivity index (χ0) is 18.8. The van der Waals surface area contributed by atoms with Crippen LogP contribution in [0.4, 0.5) is 11.5 Å². The average molecular weight is 332 g/mol. The van der Waals surface area contributed by atoms with Gasteiger partial charge in [-0.05, 0) is 37.1 Å². The minimum atomic E-state index is 1.01. The molecule has 0 aliphatic carbocycles. The van der Waals surface area contributed by atoms with Crippen molar-refractivity contribution in [3.63, 3.8) is 0 Å². The van der Waals surface area contributed by atoms with Gasteiger partial charge in [-0.1, -0.05) is 64.8 Å². The van der Waals surface area contributed by atoms with Gasteiger partial charge in [-0.15, -0.1) is 0 Å². The number of aromatic nitrogens is 1. The first kappa shape index (κ1) is 24.2. The van der Waals surface area contributed by atoms with Crippen molar-refractivity contribution in [3.05, 3.63) is 53.7 Å². The van der Waals surface area contributed by atoms with Crippen molar-refractivity contribution in [2.75, 3.05) is 24.7 Å². The number of aryl methyl sites for hydroxylation is 2. The topological polar surface area (TPSA) is 37.0 Å². The second kappa shape index (κ2) is 17.3. The average Bonchev–Trinajstić information content (AvgIpc) is 2.67. The third-order valence-corrected chi connectivity index (χ3v) is 2.99. The summed E-state index contributed by atoms with van der Waals surface area (Å²) in [6.45, 7) is 12.3. The van der Waals surface area contributed by atoms with E-state index in [0.29, 0.717) is 0 Å². The molecule has 0 saturated carbocycles. The molecule has 2 aromatic rings. The molecule has 24 heavy (non-hydrogen) atoms. The van der Waals surface area contributed by atoms with Crippen molar-refractivity contribution in [1.82, 2.24) is 4.98 Å². The number of hydrogen-bond acceptors (Lipinski definition) is 3. The van der Waals surface area contributed by atoms with Gasteiger partial charge in [0.1, 0.15) is 5.82 Å². The minimum absolute atomic E-state index is 1.01. The Hall–Kier alpha value is -2.03. The van der Waals surface area contributed by atoms with E-state index < -0.39 is 0 Å². The number of pyridine rings is 1. The predicted molar refractivity (Wildman–Crippen MR) is 111 cm³/mol. The standard InChI is InChI=1S/C9H14N2.C8H11N.2C2H6/c1-3-5-8-6-4-7-11-9(8)10-2;1-7-3-5-8(9-2)6-4-7;2*1-2/h4,6-7H,3,5H2,1-2H3,(H,10,11);3-6,9H,1-2H3;2*1-2H3. The summed E-state index contributed by atoms with van der Waals surface area (Å²) in [6, 6.07) is 12.4. The summed E-state index contributed by atoms with van der Waals surface area (Å²) in [5.74, 6) is 1.01. The monoisotopic (exact) mass is 331 g/mol. The van der Waals surface area contributed by atoms with Gasteiger partial charge < -0.3 is 10.6 Å². The molecule has 1 aromatic heterocycles. The number of benzene rings is 1. The van der Waals surface area contributed by atoms with E-state index in [1.54, 1.807) is 0 Å². The van der Waals surface area contributed by atoms with Crippen molar-refractivity contribution in [2.45, 2.75) is 54.4 Å². The number of nitrogens with zero attached hydrogens (tertiary/aromatic N) is 1. The molecule has 0 atom stereocenters. The molecular weight excluding hydrogens is 294 g/mol. The Morgan fingerprint density at radius 3 is 1.92 bits per heavy atom. The smallest absolute Gasteiger partial charge is 0.128 e. The van der Waals surface area contributed by atoms with Crippen LogP contribution in [0.15, 0.2) is 42.6 Å². The number of rotatable bonds is 4. The molecule has 2 N–H and O–H groups in total. The number of anilines is 2. The van der Waals surface area contributed by atoms with Crippen LogP contribution in [0.3, 0.4) is 0 Å². The van der Waals surface area contributed by atoms with Gasteiger partial charge in [0.2, 0.25) is 0 Å². The van der Waals surface area contributed by atoms with E-state index in [1.165, 1.54) is 23.2 Å². The summed E-state index contributed by atoms with van der Waals surface area (Å²) < 4.78 is 0. The fourth-order valence-corrected chi connectivity index (χ4v) is 1.86. The highest BCUT2D eigenvalue weighted by Gasteiger charge is 1.97. The van der Waals surface area contributed by atoms with E-state index in [-0.39, 0.29) is 0 Å². The van der Waals surface area contributed by atoms with Crippen molar-refractivity contribution in [3.8, 4) is 0 Å². The van der Waals surface area contributed by atoms with E-state index in [9.17, 15) is 0 Å². The summed E-state index contributed by atoms with van der Waals surface area (Å²) in [7, 11) is 3.83. The molecule has 0 radical (unpaired) electrons. The molecule has 0 spiro atoms. The van der Waals surface area contributed by atoms with E-state index in [1.807, 2.05) is 54.1 Å². The molecule has 0 fully saturated rings. The van der Waals surface area contributed by atoms with E-state index in [4.69, 9.17) is 0 Å². The lowest BCUT2D eigenvalue weighted by atomic mass is 10.1. The SMILES string of the molecule is CC.CC.CCCc1cccnc1NC.CNc1ccc(C)cc1. The van der Waals surface area contributed by atoms with Crippen LogP contribution in [-0.4, -0.2) is 19.1 Å². The molecule has 1 heterocycles. The normalized spacial score (nSPS) is 8.33. The van der Waals surface area contributed by atoms with Gasteiger partial charge >= 0.3 is 0 Å². The first-order chi connectivity index (χ1) is 11.7.